The average molecular weight is 149 g/mol. The highest BCUT2D eigenvalue weighted by molar-refractivity contribution is 6.44. The monoisotopic (exact) mass is 148 g/mol. The van der Waals surface area contributed by atoms with Gasteiger partial charge < -0.3 is 0 Å². The summed E-state index contributed by atoms with van der Waals surface area (Å²) in [7, 11) is 0. The maximum absolute atomic E-state index is 5.23. The van der Waals surface area contributed by atoms with Gasteiger partial charge in [0.25, 0.3) is 0 Å². The third-order valence-electron chi connectivity index (χ3n) is 0.309. The quantitative estimate of drug-likeness (QED) is 0.503. The molecule has 40 valence electrons. The van der Waals surface area contributed by atoms with Crippen molar-refractivity contribution in [1.29, 1.82) is 0 Å². The Morgan fingerprint density at radius 2 is 1.67 bits per heavy atom. The van der Waals surface area contributed by atoms with E-state index in [1.54, 1.807) is 0 Å². The smallest absolute Gasteiger partial charge is 0.107 e. The Morgan fingerprint density at radius 3 is 1.67 bits per heavy atom. The fourth-order valence-corrected chi connectivity index (χ4v) is 0. The van der Waals surface area contributed by atoms with Crippen molar-refractivity contribution in [1.82, 2.24) is 0 Å². The van der Waals surface area contributed by atoms with Crippen LogP contribution in [0.2, 0.25) is 0 Å². The van der Waals surface area contributed by atoms with Crippen LogP contribution in [-0.4, -0.2) is 4.84 Å². The Kier molecular flexibility index (Phi) is 9.76. The largest absolute Gasteiger partial charge is 0.147 e. The van der Waals surface area contributed by atoms with Gasteiger partial charge in [-0.15, -0.1) is 35.6 Å². The van der Waals surface area contributed by atoms with Crippen molar-refractivity contribution < 1.29 is 0 Å². The van der Waals surface area contributed by atoms with Crippen LogP contribution in [0.4, 0.5) is 0 Å². The van der Waals surface area contributed by atoms with Gasteiger partial charge in [-0.2, -0.15) is 0 Å². The van der Waals surface area contributed by atoms with Crippen molar-refractivity contribution in [2.45, 2.75) is 18.2 Å². The lowest BCUT2D eigenvalue weighted by Gasteiger charge is -1.84. The lowest BCUT2D eigenvalue weighted by molar-refractivity contribution is 1.04. The molecule has 0 aliphatic rings. The van der Waals surface area contributed by atoms with Crippen molar-refractivity contribution in [3.8, 4) is 0 Å². The first-order valence-corrected chi connectivity index (χ1v) is 2.42. The molecule has 0 aromatic carbocycles. The number of rotatable bonds is 1. The van der Waals surface area contributed by atoms with E-state index in [1.165, 1.54) is 0 Å². The Labute approximate surface area is 54.2 Å². The van der Waals surface area contributed by atoms with Crippen molar-refractivity contribution in [2.24, 2.45) is 0 Å². The predicted octanol–water partition coefficient (Wildman–Crippen LogP) is 2.62. The highest BCUT2D eigenvalue weighted by Crippen LogP contribution is 2.03. The third-order valence-corrected chi connectivity index (χ3v) is 0.926. The van der Waals surface area contributed by atoms with Crippen molar-refractivity contribution in [2.75, 3.05) is 0 Å². The van der Waals surface area contributed by atoms with Crippen LogP contribution in [0, 0.1) is 0 Å². The van der Waals surface area contributed by atoms with Gasteiger partial charge in [0.05, 0.1) is 0 Å². The topological polar surface area (TPSA) is 0 Å². The van der Waals surface area contributed by atoms with E-state index in [9.17, 15) is 0 Å². The van der Waals surface area contributed by atoms with E-state index in [-0.39, 0.29) is 17.2 Å². The molecule has 0 aromatic heterocycles. The molecule has 0 saturated heterocycles. The molecule has 0 heterocycles. The zero-order valence-corrected chi connectivity index (χ0v) is 5.78. The summed E-state index contributed by atoms with van der Waals surface area (Å²) >= 11 is 10.5. The zero-order chi connectivity index (χ0) is 4.28. The summed E-state index contributed by atoms with van der Waals surface area (Å²) in [5.74, 6) is 0. The van der Waals surface area contributed by atoms with Gasteiger partial charge in [-0.1, -0.05) is 6.92 Å². The molecule has 0 unspecified atom stereocenters. The first kappa shape index (κ1) is 9.98. The van der Waals surface area contributed by atoms with Crippen LogP contribution < -0.4 is 0 Å². The van der Waals surface area contributed by atoms with Gasteiger partial charge in [0.2, 0.25) is 0 Å². The second-order valence-electron chi connectivity index (χ2n) is 0.799. The molecule has 3 heteroatoms. The van der Waals surface area contributed by atoms with Crippen LogP contribution in [0.15, 0.2) is 0 Å². The first-order valence-electron chi connectivity index (χ1n) is 1.55. The highest BCUT2D eigenvalue weighted by atomic mass is 35.5. The normalized spacial score (nSPS) is 8.00. The second-order valence-corrected chi connectivity index (χ2v) is 2.08. The number of hydrogen-bond acceptors (Lipinski definition) is 0. The Bertz CT molecular complexity index is 20.0. The molecule has 0 saturated carbocycles. The van der Waals surface area contributed by atoms with Gasteiger partial charge in [-0.05, 0) is 6.42 Å². The zero-order valence-electron chi connectivity index (χ0n) is 3.45. The van der Waals surface area contributed by atoms with Gasteiger partial charge in [0, 0.05) is 0 Å². The molecule has 0 rings (SSSR count). The molecule has 0 radical (unpaired) electrons. The fourth-order valence-electron chi connectivity index (χ4n) is 0. The second kappa shape index (κ2) is 5.87. The minimum absolute atomic E-state index is 0. The first-order chi connectivity index (χ1) is 2.27. The van der Waals surface area contributed by atoms with E-state index in [4.69, 9.17) is 23.2 Å². The Balaban J connectivity index is 0. The molecular weight excluding hydrogens is 142 g/mol. The Morgan fingerprint density at radius 1 is 1.50 bits per heavy atom. The molecule has 0 fully saturated rings. The third kappa shape index (κ3) is 8.85. The maximum atomic E-state index is 5.23. The highest BCUT2D eigenvalue weighted by Gasteiger charge is 1.86. The van der Waals surface area contributed by atoms with Crippen LogP contribution in [0.1, 0.15) is 13.3 Å². The van der Waals surface area contributed by atoms with Crippen LogP contribution in [0.5, 0.6) is 0 Å². The minimum Gasteiger partial charge on any atom is -0.147 e. The van der Waals surface area contributed by atoms with Gasteiger partial charge in [-0.25, -0.2) is 0 Å². The molecule has 0 nitrogen and oxygen atoms in total. The maximum Gasteiger partial charge on any atom is 0.107 e. The van der Waals surface area contributed by atoms with Gasteiger partial charge in [0.1, 0.15) is 4.84 Å². The summed E-state index contributed by atoms with van der Waals surface area (Å²) in [4.78, 5) is -0.171. The van der Waals surface area contributed by atoms with Crippen LogP contribution in [0.3, 0.4) is 0 Å². The summed E-state index contributed by atoms with van der Waals surface area (Å²) in [5, 5.41) is 0. The van der Waals surface area contributed by atoms with E-state index in [0.717, 1.165) is 6.42 Å². The van der Waals surface area contributed by atoms with Crippen LogP contribution >= 0.6 is 35.6 Å². The van der Waals surface area contributed by atoms with Crippen LogP contribution in [0.25, 0.3) is 0 Å². The molecule has 0 N–H and O–H groups in total. The van der Waals surface area contributed by atoms with E-state index in [2.05, 4.69) is 0 Å². The van der Waals surface area contributed by atoms with Crippen molar-refractivity contribution >= 4 is 35.6 Å². The molecule has 0 amide bonds. The SMILES string of the molecule is CCC(Cl)Cl.Cl. The predicted molar refractivity (Wildman–Crippen MR) is 33.0 cm³/mol. The number of hydrogen-bond donors (Lipinski definition) is 0. The number of halogens is 3. The van der Waals surface area contributed by atoms with Gasteiger partial charge in [0.15, 0.2) is 0 Å². The molecule has 0 aliphatic heterocycles. The average Bonchev–Trinajstić information content (AvgIpc) is 1.38. The standard InChI is InChI=1S/C3H6Cl2.ClH/c1-2-3(4)5;/h3H,2H2,1H3;1H. The summed E-state index contributed by atoms with van der Waals surface area (Å²) in [6.07, 6.45) is 0.836. The Hall–Kier alpha value is 0.870. The van der Waals surface area contributed by atoms with Crippen molar-refractivity contribution in [3.63, 3.8) is 0 Å². The molecule has 0 atom stereocenters. The van der Waals surface area contributed by atoms with E-state index >= 15 is 0 Å². The number of alkyl halides is 2. The summed E-state index contributed by atoms with van der Waals surface area (Å²) < 4.78 is 0. The van der Waals surface area contributed by atoms with Gasteiger partial charge >= 0.3 is 0 Å². The summed E-state index contributed by atoms with van der Waals surface area (Å²) in [5.41, 5.74) is 0. The van der Waals surface area contributed by atoms with E-state index in [0.29, 0.717) is 0 Å². The fraction of sp³-hybridized carbons (Fsp3) is 1.00. The summed E-state index contributed by atoms with van der Waals surface area (Å²) in [6.45, 7) is 1.94. The summed E-state index contributed by atoms with van der Waals surface area (Å²) in [6, 6.07) is 0. The molecular formula is C3H7Cl3. The molecule has 0 aliphatic carbocycles. The molecule has 0 spiro atoms. The van der Waals surface area contributed by atoms with Gasteiger partial charge in [-0.3, -0.25) is 0 Å². The lowest BCUT2D eigenvalue weighted by Crippen LogP contribution is -1.75. The minimum atomic E-state index is -0.171. The van der Waals surface area contributed by atoms with Crippen molar-refractivity contribution in [3.05, 3.63) is 0 Å². The molecule has 6 heavy (non-hydrogen) atoms. The molecule has 0 bridgehead atoms. The lowest BCUT2D eigenvalue weighted by atomic mass is 10.6. The van der Waals surface area contributed by atoms with E-state index < -0.39 is 0 Å². The van der Waals surface area contributed by atoms with Crippen LogP contribution in [-0.2, 0) is 0 Å². The molecule has 0 aromatic rings. The van der Waals surface area contributed by atoms with E-state index in [1.807, 2.05) is 6.92 Å².